The first kappa shape index (κ1) is 13.5. The number of ether oxygens (including phenoxy) is 2. The van der Waals surface area contributed by atoms with Crippen LogP contribution in [0.2, 0.25) is 5.02 Å². The third-order valence-corrected chi connectivity index (χ3v) is 3.44. The molecular formula is C16H13ClN2O2. The topological polar surface area (TPSA) is 57.4 Å². The number of nitrogens with two attached hydrogens (primary N) is 1. The third kappa shape index (κ3) is 2.58. The molecule has 0 radical (unpaired) electrons. The van der Waals surface area contributed by atoms with Crippen molar-refractivity contribution in [1.29, 1.82) is 0 Å². The molecule has 0 bridgehead atoms. The van der Waals surface area contributed by atoms with Gasteiger partial charge in [0.15, 0.2) is 0 Å². The Morgan fingerprint density at radius 3 is 2.52 bits per heavy atom. The van der Waals surface area contributed by atoms with E-state index in [1.165, 1.54) is 0 Å². The predicted octanol–water partition coefficient (Wildman–Crippen LogP) is 4.27. The van der Waals surface area contributed by atoms with E-state index in [-0.39, 0.29) is 0 Å². The summed E-state index contributed by atoms with van der Waals surface area (Å²) in [5, 5.41) is 2.48. The van der Waals surface area contributed by atoms with E-state index in [9.17, 15) is 0 Å². The van der Waals surface area contributed by atoms with E-state index >= 15 is 0 Å². The van der Waals surface area contributed by atoms with E-state index in [0.717, 1.165) is 10.8 Å². The van der Waals surface area contributed by atoms with E-state index in [1.807, 2.05) is 24.3 Å². The molecular weight excluding hydrogens is 288 g/mol. The third-order valence-electron chi connectivity index (χ3n) is 3.11. The number of hydrogen-bond donors (Lipinski definition) is 1. The number of nitrogen functional groups attached to an aromatic ring is 1. The van der Waals surface area contributed by atoms with Crippen molar-refractivity contribution in [3.8, 4) is 17.5 Å². The zero-order chi connectivity index (χ0) is 14.8. The number of hydrogen-bond acceptors (Lipinski definition) is 4. The Hall–Kier alpha value is -2.46. The number of fused-ring (bicyclic) bond motifs is 1. The second-order valence-corrected chi connectivity index (χ2v) is 4.85. The van der Waals surface area contributed by atoms with Crippen molar-refractivity contribution in [3.63, 3.8) is 0 Å². The molecule has 2 aromatic carbocycles. The van der Waals surface area contributed by atoms with Gasteiger partial charge in [-0.15, -0.1) is 0 Å². The highest BCUT2D eigenvalue weighted by Gasteiger charge is 2.10. The fourth-order valence-electron chi connectivity index (χ4n) is 2.06. The van der Waals surface area contributed by atoms with Crippen LogP contribution < -0.4 is 15.2 Å². The predicted molar refractivity (Wildman–Crippen MR) is 84.2 cm³/mol. The molecule has 0 saturated carbocycles. The molecule has 0 saturated heterocycles. The molecule has 1 aromatic heterocycles. The fraction of sp³-hybridized carbons (Fsp3) is 0.0625. The molecule has 106 valence electrons. The second kappa shape index (κ2) is 5.50. The summed E-state index contributed by atoms with van der Waals surface area (Å²) < 4.78 is 10.9. The minimum absolute atomic E-state index is 0.307. The van der Waals surface area contributed by atoms with Crippen LogP contribution in [0, 0.1) is 0 Å². The first-order valence-corrected chi connectivity index (χ1v) is 6.72. The van der Waals surface area contributed by atoms with Gasteiger partial charge in [-0.3, -0.25) is 0 Å². The SMILES string of the molecule is COc1ccc(N)c(Oc2ccc(Cl)c3ccccc23)n1. The maximum Gasteiger partial charge on any atom is 0.246 e. The number of benzene rings is 2. The van der Waals surface area contributed by atoms with Gasteiger partial charge in [-0.1, -0.05) is 35.9 Å². The van der Waals surface area contributed by atoms with Gasteiger partial charge >= 0.3 is 0 Å². The van der Waals surface area contributed by atoms with Crippen molar-refractivity contribution in [2.75, 3.05) is 12.8 Å². The molecule has 0 spiro atoms. The number of aromatic nitrogens is 1. The molecule has 0 atom stereocenters. The van der Waals surface area contributed by atoms with Crippen molar-refractivity contribution in [3.05, 3.63) is 53.6 Å². The van der Waals surface area contributed by atoms with Crippen LogP contribution in [-0.4, -0.2) is 12.1 Å². The lowest BCUT2D eigenvalue weighted by atomic mass is 10.1. The summed E-state index contributed by atoms with van der Waals surface area (Å²) in [7, 11) is 1.54. The zero-order valence-electron chi connectivity index (χ0n) is 11.3. The van der Waals surface area contributed by atoms with E-state index in [0.29, 0.717) is 28.2 Å². The summed E-state index contributed by atoms with van der Waals surface area (Å²) in [5.74, 6) is 1.39. The maximum absolute atomic E-state index is 6.20. The number of halogens is 1. The van der Waals surface area contributed by atoms with Crippen LogP contribution in [0.3, 0.4) is 0 Å². The monoisotopic (exact) mass is 300 g/mol. The Bertz CT molecular complexity index is 805. The van der Waals surface area contributed by atoms with Crippen molar-refractivity contribution < 1.29 is 9.47 Å². The highest BCUT2D eigenvalue weighted by Crippen LogP contribution is 2.35. The number of anilines is 1. The average Bonchev–Trinajstić information content (AvgIpc) is 2.52. The Morgan fingerprint density at radius 1 is 1.00 bits per heavy atom. The molecule has 3 aromatic rings. The molecule has 0 amide bonds. The minimum Gasteiger partial charge on any atom is -0.481 e. The van der Waals surface area contributed by atoms with Crippen molar-refractivity contribution in [1.82, 2.24) is 4.98 Å². The van der Waals surface area contributed by atoms with Gasteiger partial charge in [0.05, 0.1) is 12.8 Å². The van der Waals surface area contributed by atoms with Gasteiger partial charge in [-0.2, -0.15) is 4.98 Å². The largest absolute Gasteiger partial charge is 0.481 e. The molecule has 5 heteroatoms. The molecule has 0 aliphatic carbocycles. The summed E-state index contributed by atoms with van der Waals surface area (Å²) in [4.78, 5) is 4.21. The van der Waals surface area contributed by atoms with Gasteiger partial charge in [0, 0.05) is 21.9 Å². The summed E-state index contributed by atoms with van der Waals surface area (Å²) in [6, 6.07) is 14.7. The quantitative estimate of drug-likeness (QED) is 0.784. The summed E-state index contributed by atoms with van der Waals surface area (Å²) >= 11 is 6.20. The standard InChI is InChI=1S/C16H13ClN2O2/c1-20-15-9-7-13(18)16(19-15)21-14-8-6-12(17)10-4-2-3-5-11(10)14/h2-9H,18H2,1H3. The maximum atomic E-state index is 6.20. The molecule has 21 heavy (non-hydrogen) atoms. The molecule has 4 nitrogen and oxygen atoms in total. The van der Waals surface area contributed by atoms with Crippen LogP contribution in [0.5, 0.6) is 17.5 Å². The van der Waals surface area contributed by atoms with E-state index < -0.39 is 0 Å². The summed E-state index contributed by atoms with van der Waals surface area (Å²) in [6.45, 7) is 0. The molecule has 3 rings (SSSR count). The van der Waals surface area contributed by atoms with Crippen molar-refractivity contribution in [2.24, 2.45) is 0 Å². The van der Waals surface area contributed by atoms with Gasteiger partial charge in [0.2, 0.25) is 11.8 Å². The molecule has 0 unspecified atom stereocenters. The highest BCUT2D eigenvalue weighted by molar-refractivity contribution is 6.35. The highest BCUT2D eigenvalue weighted by atomic mass is 35.5. The zero-order valence-corrected chi connectivity index (χ0v) is 12.1. The second-order valence-electron chi connectivity index (χ2n) is 4.44. The number of nitrogens with zero attached hydrogens (tertiary/aromatic N) is 1. The van der Waals surface area contributed by atoms with E-state index in [1.54, 1.807) is 31.4 Å². The lowest BCUT2D eigenvalue weighted by molar-refractivity contribution is 0.385. The van der Waals surface area contributed by atoms with E-state index in [2.05, 4.69) is 4.98 Å². The molecule has 2 N–H and O–H groups in total. The molecule has 0 aliphatic rings. The van der Waals surface area contributed by atoms with Crippen molar-refractivity contribution >= 4 is 28.1 Å². The van der Waals surface area contributed by atoms with E-state index in [4.69, 9.17) is 26.8 Å². The van der Waals surface area contributed by atoms with Gasteiger partial charge in [0.1, 0.15) is 5.75 Å². The van der Waals surface area contributed by atoms with Crippen LogP contribution >= 0.6 is 11.6 Å². The lowest BCUT2D eigenvalue weighted by Crippen LogP contribution is -1.97. The van der Waals surface area contributed by atoms with Crippen LogP contribution in [-0.2, 0) is 0 Å². The van der Waals surface area contributed by atoms with Crippen LogP contribution in [0.4, 0.5) is 5.69 Å². The van der Waals surface area contributed by atoms with Crippen LogP contribution in [0.1, 0.15) is 0 Å². The number of methoxy groups -OCH3 is 1. The van der Waals surface area contributed by atoms with Crippen LogP contribution in [0.15, 0.2) is 48.5 Å². The summed E-state index contributed by atoms with van der Waals surface area (Å²) in [5.41, 5.74) is 6.34. The molecule has 0 fully saturated rings. The van der Waals surface area contributed by atoms with Gasteiger partial charge in [-0.05, 0) is 18.2 Å². The fourth-order valence-corrected chi connectivity index (χ4v) is 2.29. The Morgan fingerprint density at radius 2 is 1.76 bits per heavy atom. The average molecular weight is 301 g/mol. The van der Waals surface area contributed by atoms with Crippen molar-refractivity contribution in [2.45, 2.75) is 0 Å². The number of pyridine rings is 1. The Labute approximate surface area is 127 Å². The number of rotatable bonds is 3. The summed E-state index contributed by atoms with van der Waals surface area (Å²) in [6.07, 6.45) is 0. The minimum atomic E-state index is 0.307. The smallest absolute Gasteiger partial charge is 0.246 e. The van der Waals surface area contributed by atoms with Gasteiger partial charge in [0.25, 0.3) is 0 Å². The van der Waals surface area contributed by atoms with Crippen LogP contribution in [0.25, 0.3) is 10.8 Å². The first-order valence-electron chi connectivity index (χ1n) is 6.34. The molecule has 1 heterocycles. The first-order chi connectivity index (χ1) is 10.2. The lowest BCUT2D eigenvalue weighted by Gasteiger charge is -2.11. The Balaban J connectivity index is 2.08. The Kier molecular flexibility index (Phi) is 3.54. The van der Waals surface area contributed by atoms with Gasteiger partial charge < -0.3 is 15.2 Å². The molecule has 0 aliphatic heterocycles. The van der Waals surface area contributed by atoms with Gasteiger partial charge in [-0.25, -0.2) is 0 Å². The normalized spacial score (nSPS) is 10.6.